The molecule has 15 unspecified atom stereocenters. The van der Waals surface area contributed by atoms with Crippen LogP contribution in [0.15, 0.2) is 0 Å². The Morgan fingerprint density at radius 1 is 0.298 bits per heavy atom. The predicted octanol–water partition coefficient (Wildman–Crippen LogP) is 14.2. The van der Waals surface area contributed by atoms with Gasteiger partial charge in [-0.2, -0.15) is 0 Å². The van der Waals surface area contributed by atoms with Crippen molar-refractivity contribution in [3.05, 3.63) is 0 Å². The summed E-state index contributed by atoms with van der Waals surface area (Å²) in [5.41, 5.74) is -1.03. The Morgan fingerprint density at radius 3 is 0.921 bits per heavy atom. The van der Waals surface area contributed by atoms with Crippen LogP contribution in [0.5, 0.6) is 0 Å². The molecule has 0 spiro atoms. The summed E-state index contributed by atoms with van der Waals surface area (Å²) in [4.78, 5) is 138. The monoisotopic (exact) mass is 1620 g/mol. The van der Waals surface area contributed by atoms with E-state index in [0.29, 0.717) is 186 Å². The van der Waals surface area contributed by atoms with E-state index in [1.165, 1.54) is 27.9 Å². The lowest BCUT2D eigenvalue weighted by atomic mass is 9.79. The molecule has 2 N–H and O–H groups in total. The van der Waals surface area contributed by atoms with Gasteiger partial charge in [-0.05, 0) is 119 Å². The van der Waals surface area contributed by atoms with Crippen LogP contribution in [-0.4, -0.2) is 201 Å². The molecule has 3 heterocycles. The smallest absolute Gasteiger partial charge is 0.305 e. The Labute approximate surface area is 683 Å². The van der Waals surface area contributed by atoms with E-state index in [9.17, 15) is 52.7 Å². The average molecular weight is 1620 g/mol. The van der Waals surface area contributed by atoms with Crippen molar-refractivity contribution in [1.82, 2.24) is 10.6 Å². The van der Waals surface area contributed by atoms with Crippen LogP contribution in [0.1, 0.15) is 301 Å². The van der Waals surface area contributed by atoms with Crippen LogP contribution in [0.4, 0.5) is 0 Å². The molecule has 3 rings (SSSR count). The Kier molecular flexibility index (Phi) is 55.3. The molecule has 0 aromatic heterocycles. The van der Waals surface area contributed by atoms with Crippen LogP contribution in [0.3, 0.4) is 0 Å². The quantitative estimate of drug-likeness (QED) is 0.0324. The Bertz CT molecular complexity index is 2500. The number of amides is 2. The van der Waals surface area contributed by atoms with Gasteiger partial charge in [0.15, 0.2) is 18.9 Å². The molecule has 3 aliphatic rings. The zero-order chi connectivity index (χ0) is 84.1. The molecule has 2 amide bonds. The predicted molar refractivity (Wildman–Crippen MR) is 431 cm³/mol. The molecule has 3 aliphatic heterocycles. The molecular formula is C88H152N2O24. The summed E-state index contributed by atoms with van der Waals surface area (Å²) in [5.74, 6) is 0.751. The first-order valence-electron chi connectivity index (χ1n) is 43.7. The minimum atomic E-state index is -1.03. The molecule has 3 fully saturated rings. The fraction of sp³-hybridized carbons (Fsp3) is 0.875. The van der Waals surface area contributed by atoms with Gasteiger partial charge in [-0.15, -0.1) is 0 Å². The average Bonchev–Trinajstić information content (AvgIpc) is 0.827. The van der Waals surface area contributed by atoms with Crippen LogP contribution in [0.25, 0.3) is 0 Å². The van der Waals surface area contributed by atoms with E-state index in [4.69, 9.17) is 61.6 Å². The van der Waals surface area contributed by atoms with Crippen molar-refractivity contribution in [2.75, 3.05) is 99.5 Å². The van der Waals surface area contributed by atoms with Gasteiger partial charge in [0.25, 0.3) is 0 Å². The molecule has 0 saturated carbocycles. The number of Topliss-reactive ketones (excluding diaryl/α,β-unsaturated/α-hetero) is 5. The third-order valence-corrected chi connectivity index (χ3v) is 23.6. The minimum absolute atomic E-state index is 0.00675. The van der Waals surface area contributed by atoms with E-state index in [0.717, 1.165) is 57.8 Å². The van der Waals surface area contributed by atoms with Crippen molar-refractivity contribution in [1.29, 1.82) is 0 Å². The topological polar surface area (TPSA) is 332 Å². The summed E-state index contributed by atoms with van der Waals surface area (Å²) in [5, 5.41) is 5.83. The van der Waals surface area contributed by atoms with Gasteiger partial charge in [-0.25, -0.2) is 0 Å². The van der Waals surface area contributed by atoms with Gasteiger partial charge in [-0.3, -0.25) is 52.7 Å². The van der Waals surface area contributed by atoms with E-state index >= 15 is 0 Å². The van der Waals surface area contributed by atoms with Crippen molar-refractivity contribution in [3.63, 3.8) is 0 Å². The minimum Gasteiger partial charge on any atom is -0.469 e. The number of hydrogen-bond acceptors (Lipinski definition) is 24. The highest BCUT2D eigenvalue weighted by molar-refractivity contribution is 5.81. The first-order valence-corrected chi connectivity index (χ1v) is 43.7. The lowest BCUT2D eigenvalue weighted by Crippen LogP contribution is -2.47. The molecule has 658 valence electrons. The molecule has 0 aromatic rings. The fourth-order valence-electron chi connectivity index (χ4n) is 14.8. The fourth-order valence-corrected chi connectivity index (χ4v) is 14.8. The Hall–Kier alpha value is -5.19. The van der Waals surface area contributed by atoms with Crippen molar-refractivity contribution < 1.29 is 114 Å². The van der Waals surface area contributed by atoms with Gasteiger partial charge in [0.1, 0.15) is 48.7 Å². The summed E-state index contributed by atoms with van der Waals surface area (Å²) in [6, 6.07) is 0. The number of carbonyl (C=O) groups is 11. The Balaban J connectivity index is 1.54. The van der Waals surface area contributed by atoms with Crippen LogP contribution in [0, 0.1) is 58.7 Å². The highest BCUT2D eigenvalue weighted by Gasteiger charge is 2.43. The molecule has 0 aliphatic carbocycles. The van der Waals surface area contributed by atoms with Gasteiger partial charge in [0.05, 0.1) is 65.1 Å². The molecule has 26 nitrogen and oxygen atoms in total. The third kappa shape index (κ3) is 45.7. The van der Waals surface area contributed by atoms with E-state index in [2.05, 4.69) is 72.9 Å². The lowest BCUT2D eigenvalue weighted by molar-refractivity contribution is -0.255. The molecule has 15 atom stereocenters. The second-order valence-electron chi connectivity index (χ2n) is 33.1. The normalized spacial score (nSPS) is 24.1. The van der Waals surface area contributed by atoms with Gasteiger partial charge < -0.3 is 72.2 Å². The molecule has 3 saturated heterocycles. The number of unbranched alkanes of at least 4 members (excludes halogenated alkanes) is 14. The maximum absolute atomic E-state index is 14.1. The first-order chi connectivity index (χ1) is 54.6. The van der Waals surface area contributed by atoms with Crippen molar-refractivity contribution >= 4 is 64.6 Å². The number of esters is 4. The van der Waals surface area contributed by atoms with Crippen molar-refractivity contribution in [2.45, 2.75) is 339 Å². The van der Waals surface area contributed by atoms with Crippen molar-refractivity contribution in [2.24, 2.45) is 58.7 Å². The number of nitrogens with one attached hydrogen (secondary N) is 2. The molecule has 0 radical (unpaired) electrons. The number of hydrogen-bond donors (Lipinski definition) is 2. The van der Waals surface area contributed by atoms with Gasteiger partial charge in [-0.1, -0.05) is 114 Å². The third-order valence-electron chi connectivity index (χ3n) is 23.6. The van der Waals surface area contributed by atoms with Crippen LogP contribution < -0.4 is 10.6 Å². The lowest BCUT2D eigenvalue weighted by Gasteiger charge is -2.43. The summed E-state index contributed by atoms with van der Waals surface area (Å²) in [6.45, 7) is 26.0. The highest BCUT2D eigenvalue weighted by atomic mass is 16.7. The summed E-state index contributed by atoms with van der Waals surface area (Å²) >= 11 is 0. The second kappa shape index (κ2) is 61.2. The standard InChI is InChI=1S/C88H152N2O24/c1-62-65(4)79(56-109-71(10)91)112-85(68(62)7)106-49-31-28-39-74(94)35-23-20-25-37-76(96)44-52-103-59-88(55-78(98)41-22-18-16-14-15-17-19-27-43-84(101)102-13,60-104-53-45-77(97)38-26-21-24-36-75(95)40-29-32-50-107-86-69(8)63(2)66(5)80(113-86)57-110-72(11)92)61-105-54-46-83(100)90-48-34-47-89-82(99)42-30-33-51-108-87-70(9)64(3)67(6)81(114-87)58-111-73(12)93/h62-70,79-81,85-87H,14-61H2,1-13H3,(H,89,99)(H,90,100). The highest BCUT2D eigenvalue weighted by Crippen LogP contribution is 2.39. The number of methoxy groups -OCH3 is 1. The molecular weight excluding hydrogens is 1470 g/mol. The summed E-state index contributed by atoms with van der Waals surface area (Å²) in [7, 11) is 1.40. The zero-order valence-electron chi connectivity index (χ0n) is 72.4. The second-order valence-corrected chi connectivity index (χ2v) is 33.1. The largest absolute Gasteiger partial charge is 0.469 e. The number of rotatable bonds is 68. The van der Waals surface area contributed by atoms with Gasteiger partial charge in [0.2, 0.25) is 11.8 Å². The zero-order valence-corrected chi connectivity index (χ0v) is 72.4. The summed E-state index contributed by atoms with van der Waals surface area (Å²) in [6.07, 6.45) is 17.8. The molecule has 114 heavy (non-hydrogen) atoms. The number of ether oxygens (including phenoxy) is 13. The van der Waals surface area contributed by atoms with Gasteiger partial charge >= 0.3 is 23.9 Å². The van der Waals surface area contributed by atoms with E-state index < -0.39 is 24.3 Å². The SMILES string of the molecule is COC(=O)CCCCCCCCCCC(=O)CC(COCCC(=O)CCCCCC(=O)CCCCOC1OC(COC(C)=O)C(C)C(C)C1C)(COCCC(=O)CCCCCC(=O)CCCCOC1OC(COC(C)=O)C(C)C(C)C1C)COCCC(=O)NCCCNC(=O)CCCCOC1OC(COC(C)=O)C(C)C(C)C1C. The van der Waals surface area contributed by atoms with Gasteiger partial charge in [0, 0.05) is 160 Å². The van der Waals surface area contributed by atoms with E-state index in [-0.39, 0.29) is 204 Å². The molecule has 0 bridgehead atoms. The maximum Gasteiger partial charge on any atom is 0.305 e. The van der Waals surface area contributed by atoms with E-state index in [1.54, 1.807) is 0 Å². The molecule has 0 aromatic carbocycles. The van der Waals surface area contributed by atoms with Crippen molar-refractivity contribution in [3.8, 4) is 0 Å². The number of ketones is 5. The van der Waals surface area contributed by atoms with Crippen LogP contribution in [0.2, 0.25) is 0 Å². The summed E-state index contributed by atoms with van der Waals surface area (Å²) < 4.78 is 76.3. The first kappa shape index (κ1) is 103. The maximum atomic E-state index is 14.1. The van der Waals surface area contributed by atoms with E-state index in [1.807, 2.05) is 0 Å². The van der Waals surface area contributed by atoms with Crippen LogP contribution in [-0.2, 0) is 114 Å². The van der Waals surface area contributed by atoms with Crippen LogP contribution >= 0.6 is 0 Å². The number of carbonyl (C=O) groups excluding carboxylic acids is 11. The molecule has 26 heteroatoms. The Morgan fingerprint density at radius 2 is 0.579 bits per heavy atom.